The van der Waals surface area contributed by atoms with E-state index in [0.29, 0.717) is 13.2 Å². The van der Waals surface area contributed by atoms with Gasteiger partial charge in [-0.25, -0.2) is 0 Å². The van der Waals surface area contributed by atoms with Gasteiger partial charge in [-0.15, -0.1) is 24.8 Å². The summed E-state index contributed by atoms with van der Waals surface area (Å²) in [6.07, 6.45) is 1.12. The molecular weight excluding hydrogens is 459 g/mol. The van der Waals surface area contributed by atoms with E-state index in [0.717, 1.165) is 80.0 Å². The second kappa shape index (κ2) is 15.6. The highest BCUT2D eigenvalue weighted by Gasteiger charge is 2.12. The molecule has 1 N–H and O–H groups in total. The molecule has 0 aliphatic carbocycles. The highest BCUT2D eigenvalue weighted by atomic mass is 35.5. The monoisotopic (exact) mass is 490 g/mol. The van der Waals surface area contributed by atoms with Gasteiger partial charge < -0.3 is 19.5 Å². The van der Waals surface area contributed by atoms with E-state index in [1.165, 1.54) is 0 Å². The molecule has 0 amide bonds. The lowest BCUT2D eigenvalue weighted by Crippen LogP contribution is -2.37. The minimum absolute atomic E-state index is 0. The highest BCUT2D eigenvalue weighted by molar-refractivity contribution is 6.30. The molecule has 0 radical (unpaired) electrons. The number of rotatable bonds is 11. The van der Waals surface area contributed by atoms with Crippen molar-refractivity contribution in [3.8, 4) is 11.5 Å². The first kappa shape index (κ1) is 27.8. The number of ether oxygens (including phenoxy) is 3. The number of hydrogen-bond donors (Lipinski definition) is 1. The minimum Gasteiger partial charge on any atom is -0.490 e. The Morgan fingerprint density at radius 2 is 1.77 bits per heavy atom. The number of para-hydroxylation sites is 1. The van der Waals surface area contributed by atoms with Crippen LogP contribution in [-0.4, -0.2) is 50.9 Å². The lowest BCUT2D eigenvalue weighted by Gasteiger charge is -2.26. The average molecular weight is 492 g/mol. The Labute approximate surface area is 203 Å². The van der Waals surface area contributed by atoms with Crippen molar-refractivity contribution < 1.29 is 14.2 Å². The van der Waals surface area contributed by atoms with Gasteiger partial charge in [-0.05, 0) is 50.2 Å². The van der Waals surface area contributed by atoms with Gasteiger partial charge in [0.05, 0.1) is 19.8 Å². The van der Waals surface area contributed by atoms with Gasteiger partial charge >= 0.3 is 0 Å². The quantitative estimate of drug-likeness (QED) is 0.449. The molecule has 174 valence electrons. The van der Waals surface area contributed by atoms with E-state index in [9.17, 15) is 0 Å². The summed E-state index contributed by atoms with van der Waals surface area (Å²) in [5.41, 5.74) is 2.18. The molecule has 31 heavy (non-hydrogen) atoms. The van der Waals surface area contributed by atoms with Crippen LogP contribution in [0.2, 0.25) is 5.02 Å². The number of benzene rings is 2. The molecule has 1 fully saturated rings. The first-order valence-electron chi connectivity index (χ1n) is 10.4. The topological polar surface area (TPSA) is 43.0 Å². The molecule has 0 unspecified atom stereocenters. The predicted octanol–water partition coefficient (Wildman–Crippen LogP) is 4.97. The number of hydrogen-bond acceptors (Lipinski definition) is 5. The summed E-state index contributed by atoms with van der Waals surface area (Å²) >= 11 is 5.97. The maximum Gasteiger partial charge on any atom is 0.166 e. The summed E-state index contributed by atoms with van der Waals surface area (Å²) in [6, 6.07) is 13.8. The van der Waals surface area contributed by atoms with E-state index in [1.807, 2.05) is 43.3 Å². The summed E-state index contributed by atoms with van der Waals surface area (Å²) in [5.74, 6) is 1.60. The summed E-state index contributed by atoms with van der Waals surface area (Å²) in [6.45, 7) is 9.68. The van der Waals surface area contributed by atoms with E-state index in [-0.39, 0.29) is 24.8 Å². The van der Waals surface area contributed by atoms with Crippen LogP contribution in [0.25, 0.3) is 0 Å². The molecule has 0 bridgehead atoms. The molecule has 1 saturated heterocycles. The van der Waals surface area contributed by atoms with E-state index >= 15 is 0 Å². The maximum atomic E-state index is 6.17. The fraction of sp³-hybridized carbons (Fsp3) is 0.478. The molecule has 5 nitrogen and oxygen atoms in total. The van der Waals surface area contributed by atoms with Crippen LogP contribution in [-0.2, 0) is 17.9 Å². The zero-order valence-electron chi connectivity index (χ0n) is 18.0. The standard InChI is InChI=1S/C23H31ClN2O3.2ClH/c1-2-28-22-6-3-5-20(17-25-11-4-12-26-13-15-27-16-14-26)23(22)29-18-19-7-9-21(24)10-8-19;;/h3,5-10,25H,2,4,11-18H2,1H3;2*1H. The zero-order chi connectivity index (χ0) is 20.3. The van der Waals surface area contributed by atoms with E-state index in [2.05, 4.69) is 16.3 Å². The molecule has 0 saturated carbocycles. The first-order valence-corrected chi connectivity index (χ1v) is 10.8. The largest absolute Gasteiger partial charge is 0.490 e. The molecule has 2 aromatic carbocycles. The van der Waals surface area contributed by atoms with E-state index in [1.54, 1.807) is 0 Å². The molecule has 3 rings (SSSR count). The lowest BCUT2D eigenvalue weighted by molar-refractivity contribution is 0.0374. The Balaban J connectivity index is 0.00000240. The van der Waals surface area contributed by atoms with Crippen molar-refractivity contribution >= 4 is 36.4 Å². The fourth-order valence-electron chi connectivity index (χ4n) is 3.35. The summed E-state index contributed by atoms with van der Waals surface area (Å²) < 4.78 is 17.4. The van der Waals surface area contributed by atoms with Crippen molar-refractivity contribution in [1.29, 1.82) is 0 Å². The first-order chi connectivity index (χ1) is 14.3. The molecule has 1 aliphatic heterocycles. The number of morpholine rings is 1. The van der Waals surface area contributed by atoms with Crippen LogP contribution < -0.4 is 14.8 Å². The number of halogens is 3. The normalized spacial score (nSPS) is 13.7. The third-order valence-electron chi connectivity index (χ3n) is 4.90. The Kier molecular flexibility index (Phi) is 14.0. The van der Waals surface area contributed by atoms with Gasteiger partial charge in [0.15, 0.2) is 11.5 Å². The van der Waals surface area contributed by atoms with Gasteiger partial charge in [0.2, 0.25) is 0 Å². The Hall–Kier alpha value is -1.21. The fourth-order valence-corrected chi connectivity index (χ4v) is 3.47. The number of nitrogens with one attached hydrogen (secondary N) is 1. The summed E-state index contributed by atoms with van der Waals surface area (Å²) in [7, 11) is 0. The number of nitrogens with zero attached hydrogens (tertiary/aromatic N) is 1. The van der Waals surface area contributed by atoms with Crippen LogP contribution in [0.15, 0.2) is 42.5 Å². The molecule has 8 heteroatoms. The molecule has 2 aromatic rings. The highest BCUT2D eigenvalue weighted by Crippen LogP contribution is 2.32. The average Bonchev–Trinajstić information content (AvgIpc) is 2.75. The van der Waals surface area contributed by atoms with Crippen LogP contribution in [0.4, 0.5) is 0 Å². The van der Waals surface area contributed by atoms with Crippen molar-refractivity contribution in [2.24, 2.45) is 0 Å². The molecule has 1 heterocycles. The van der Waals surface area contributed by atoms with Crippen molar-refractivity contribution in [2.75, 3.05) is 46.0 Å². The van der Waals surface area contributed by atoms with Gasteiger partial charge in [0, 0.05) is 30.2 Å². The second-order valence-electron chi connectivity index (χ2n) is 7.08. The van der Waals surface area contributed by atoms with Crippen LogP contribution in [0.1, 0.15) is 24.5 Å². The third kappa shape index (κ3) is 9.44. The van der Waals surface area contributed by atoms with Crippen molar-refractivity contribution in [1.82, 2.24) is 10.2 Å². The zero-order valence-corrected chi connectivity index (χ0v) is 20.4. The maximum absolute atomic E-state index is 6.17. The molecule has 0 atom stereocenters. The Bertz CT molecular complexity index is 741. The third-order valence-corrected chi connectivity index (χ3v) is 5.16. The molecule has 0 aromatic heterocycles. The smallest absolute Gasteiger partial charge is 0.166 e. The second-order valence-corrected chi connectivity index (χ2v) is 7.51. The predicted molar refractivity (Wildman–Crippen MR) is 131 cm³/mol. The van der Waals surface area contributed by atoms with E-state index in [4.69, 9.17) is 25.8 Å². The Morgan fingerprint density at radius 3 is 2.48 bits per heavy atom. The van der Waals surface area contributed by atoms with Crippen LogP contribution in [0.5, 0.6) is 11.5 Å². The van der Waals surface area contributed by atoms with E-state index < -0.39 is 0 Å². The van der Waals surface area contributed by atoms with Crippen molar-refractivity contribution in [2.45, 2.75) is 26.5 Å². The SMILES string of the molecule is CCOc1cccc(CNCCCN2CCOCC2)c1OCc1ccc(Cl)cc1.Cl.Cl. The van der Waals surface area contributed by atoms with Gasteiger partial charge in [0.1, 0.15) is 6.61 Å². The van der Waals surface area contributed by atoms with Crippen molar-refractivity contribution in [3.63, 3.8) is 0 Å². The summed E-state index contributed by atoms with van der Waals surface area (Å²) in [4.78, 5) is 2.46. The van der Waals surface area contributed by atoms with Gasteiger partial charge in [-0.2, -0.15) is 0 Å². The summed E-state index contributed by atoms with van der Waals surface area (Å²) in [5, 5.41) is 4.27. The van der Waals surface area contributed by atoms with Gasteiger partial charge in [-0.3, -0.25) is 4.90 Å². The van der Waals surface area contributed by atoms with Crippen LogP contribution >= 0.6 is 36.4 Å². The van der Waals surface area contributed by atoms with Gasteiger partial charge in [-0.1, -0.05) is 35.9 Å². The van der Waals surface area contributed by atoms with Gasteiger partial charge in [0.25, 0.3) is 0 Å². The molecule has 0 spiro atoms. The molecule has 1 aliphatic rings. The van der Waals surface area contributed by atoms with Crippen LogP contribution in [0, 0.1) is 0 Å². The molecular formula is C23H33Cl3N2O3. The van der Waals surface area contributed by atoms with Crippen molar-refractivity contribution in [3.05, 3.63) is 58.6 Å². The Morgan fingerprint density at radius 1 is 1.03 bits per heavy atom. The minimum atomic E-state index is 0. The van der Waals surface area contributed by atoms with Crippen LogP contribution in [0.3, 0.4) is 0 Å². The lowest BCUT2D eigenvalue weighted by atomic mass is 10.1.